The molecule has 38 heavy (non-hydrogen) atoms. The Bertz CT molecular complexity index is 969. The first-order valence-corrected chi connectivity index (χ1v) is 12.8. The number of nitrogens with zero attached hydrogens (tertiary/aromatic N) is 1. The fraction of sp³-hybridized carbons (Fsp3) is 0.593. The lowest BCUT2D eigenvalue weighted by Gasteiger charge is -2.19. The molecule has 0 aliphatic carbocycles. The van der Waals surface area contributed by atoms with E-state index in [0.29, 0.717) is 43.8 Å². The van der Waals surface area contributed by atoms with Gasteiger partial charge in [-0.1, -0.05) is 6.07 Å². The Balaban J connectivity index is 2.03. The van der Waals surface area contributed by atoms with Gasteiger partial charge in [-0.15, -0.1) is 5.06 Å². The zero-order chi connectivity index (χ0) is 28.5. The quantitative estimate of drug-likeness (QED) is 0.342. The Hall–Kier alpha value is -3.63. The molecule has 1 aliphatic heterocycles. The van der Waals surface area contributed by atoms with Crippen LogP contribution in [0.15, 0.2) is 18.2 Å². The van der Waals surface area contributed by atoms with Gasteiger partial charge < -0.3 is 24.9 Å². The highest BCUT2D eigenvalue weighted by Crippen LogP contribution is 2.18. The summed E-state index contributed by atoms with van der Waals surface area (Å²) in [6.07, 6.45) is 1.25. The van der Waals surface area contributed by atoms with Gasteiger partial charge in [0.1, 0.15) is 11.2 Å². The molecule has 1 heterocycles. The van der Waals surface area contributed by atoms with Gasteiger partial charge in [-0.3, -0.25) is 9.59 Å². The van der Waals surface area contributed by atoms with Gasteiger partial charge in [0.05, 0.1) is 5.56 Å². The average Bonchev–Trinajstić information content (AvgIpc) is 3.09. The fourth-order valence-corrected chi connectivity index (χ4v) is 3.56. The predicted molar refractivity (Wildman–Crippen MR) is 138 cm³/mol. The number of amides is 4. The van der Waals surface area contributed by atoms with E-state index in [0.717, 1.165) is 11.1 Å². The van der Waals surface area contributed by atoms with Crippen molar-refractivity contribution in [2.75, 3.05) is 13.1 Å². The van der Waals surface area contributed by atoms with Crippen LogP contribution in [0.3, 0.4) is 0 Å². The highest BCUT2D eigenvalue weighted by atomic mass is 16.7. The van der Waals surface area contributed by atoms with Crippen molar-refractivity contribution in [3.05, 3.63) is 34.9 Å². The monoisotopic (exact) mass is 533 g/mol. The topological polar surface area (TPSA) is 140 Å². The number of alkyl carbamates (subject to hydrolysis) is 2. The Morgan fingerprint density at radius 1 is 0.763 bits per heavy atom. The summed E-state index contributed by atoms with van der Waals surface area (Å²) in [6, 6.07) is 5.22. The largest absolute Gasteiger partial charge is 0.444 e. The molecular formula is C27H39N3O8. The molecule has 0 bridgehead atoms. The predicted octanol–water partition coefficient (Wildman–Crippen LogP) is 3.82. The van der Waals surface area contributed by atoms with Crippen molar-refractivity contribution < 1.29 is 38.3 Å². The number of hydrogen-bond donors (Lipinski definition) is 2. The summed E-state index contributed by atoms with van der Waals surface area (Å²) < 4.78 is 10.5. The van der Waals surface area contributed by atoms with Crippen LogP contribution >= 0.6 is 0 Å². The molecule has 11 nitrogen and oxygen atoms in total. The van der Waals surface area contributed by atoms with Crippen LogP contribution in [-0.4, -0.2) is 59.3 Å². The van der Waals surface area contributed by atoms with E-state index in [4.69, 9.17) is 14.3 Å². The minimum absolute atomic E-state index is 0.00665. The summed E-state index contributed by atoms with van der Waals surface area (Å²) in [7, 11) is 0. The molecule has 210 valence electrons. The average molecular weight is 534 g/mol. The molecule has 2 rings (SSSR count). The molecule has 0 aromatic heterocycles. The number of benzene rings is 1. The Morgan fingerprint density at radius 3 is 1.58 bits per heavy atom. The lowest BCUT2D eigenvalue weighted by atomic mass is 9.99. The molecule has 1 aromatic carbocycles. The number of carbonyl (C=O) groups is 5. The van der Waals surface area contributed by atoms with Gasteiger partial charge in [0, 0.05) is 25.9 Å². The minimum atomic E-state index is -0.810. The van der Waals surface area contributed by atoms with Crippen molar-refractivity contribution in [3.8, 4) is 0 Å². The van der Waals surface area contributed by atoms with Crippen molar-refractivity contribution in [2.45, 2.75) is 91.3 Å². The van der Waals surface area contributed by atoms with Crippen LogP contribution in [0.5, 0.6) is 0 Å². The van der Waals surface area contributed by atoms with Gasteiger partial charge in [0.15, 0.2) is 0 Å². The maximum atomic E-state index is 12.8. The molecule has 1 aromatic rings. The van der Waals surface area contributed by atoms with Gasteiger partial charge in [-0.2, -0.15) is 0 Å². The maximum Gasteiger partial charge on any atom is 0.407 e. The normalized spacial score (nSPS) is 13.8. The number of hydrogen-bond acceptors (Lipinski definition) is 8. The molecule has 0 atom stereocenters. The molecule has 11 heteroatoms. The zero-order valence-electron chi connectivity index (χ0n) is 23.1. The lowest BCUT2D eigenvalue weighted by molar-refractivity contribution is -0.172. The first-order chi connectivity index (χ1) is 17.6. The van der Waals surface area contributed by atoms with Gasteiger partial charge in [0.25, 0.3) is 11.8 Å². The number of aryl methyl sites for hydroxylation is 2. The van der Waals surface area contributed by atoms with Gasteiger partial charge in [-0.25, -0.2) is 14.4 Å². The van der Waals surface area contributed by atoms with Crippen molar-refractivity contribution in [1.82, 2.24) is 15.7 Å². The fourth-order valence-electron chi connectivity index (χ4n) is 3.56. The standard InChI is InChI=1S/C27H39N3O8/c1-26(2,3)36-24(34)28-13-7-9-18-15-19(10-8-14-29-25(35)37-27(4,5)6)17-20(16-18)23(33)38-30-21(31)11-12-22(30)32/h15-17H,7-14H2,1-6H3,(H,28,34)(H,29,35). The summed E-state index contributed by atoms with van der Waals surface area (Å²) in [5.41, 5.74) is 0.651. The summed E-state index contributed by atoms with van der Waals surface area (Å²) in [4.78, 5) is 65.3. The van der Waals surface area contributed by atoms with Crippen LogP contribution in [0.1, 0.15) is 88.7 Å². The first-order valence-electron chi connectivity index (χ1n) is 12.8. The minimum Gasteiger partial charge on any atom is -0.444 e. The molecule has 0 saturated carbocycles. The summed E-state index contributed by atoms with van der Waals surface area (Å²) in [5.74, 6) is -1.92. The molecule has 4 amide bonds. The van der Waals surface area contributed by atoms with Crippen molar-refractivity contribution in [3.63, 3.8) is 0 Å². The number of rotatable bonds is 10. The Kier molecular flexibility index (Phi) is 10.7. The van der Waals surface area contributed by atoms with E-state index in [1.54, 1.807) is 53.7 Å². The molecule has 0 spiro atoms. The van der Waals surface area contributed by atoms with E-state index in [-0.39, 0.29) is 18.4 Å². The second-order valence-corrected chi connectivity index (χ2v) is 11.1. The summed E-state index contributed by atoms with van der Waals surface area (Å²) >= 11 is 0. The van der Waals surface area contributed by atoms with Crippen LogP contribution < -0.4 is 10.6 Å². The first kappa shape index (κ1) is 30.6. The Morgan fingerprint density at radius 2 is 1.18 bits per heavy atom. The number of hydroxylamine groups is 2. The van der Waals surface area contributed by atoms with Crippen LogP contribution in [0.4, 0.5) is 9.59 Å². The Labute approximate surface area is 223 Å². The van der Waals surface area contributed by atoms with Crippen LogP contribution in [0.25, 0.3) is 0 Å². The zero-order valence-corrected chi connectivity index (χ0v) is 23.1. The number of carbonyl (C=O) groups excluding carboxylic acids is 5. The SMILES string of the molecule is CC(C)(C)OC(=O)NCCCc1cc(CCCNC(=O)OC(C)(C)C)cc(C(=O)ON2C(=O)CCC2=O)c1. The second-order valence-electron chi connectivity index (χ2n) is 11.1. The van der Waals surface area contributed by atoms with E-state index in [1.165, 1.54) is 0 Å². The van der Waals surface area contributed by atoms with Crippen LogP contribution in [0, 0.1) is 0 Å². The highest BCUT2D eigenvalue weighted by molar-refractivity contribution is 6.02. The van der Waals surface area contributed by atoms with E-state index < -0.39 is 41.2 Å². The second kappa shape index (κ2) is 13.3. The smallest absolute Gasteiger partial charge is 0.407 e. The third-order valence-electron chi connectivity index (χ3n) is 5.09. The maximum absolute atomic E-state index is 12.8. The third-order valence-corrected chi connectivity index (χ3v) is 5.09. The van der Waals surface area contributed by atoms with Gasteiger partial charge >= 0.3 is 18.2 Å². The third kappa shape index (κ3) is 11.2. The van der Waals surface area contributed by atoms with Crippen LogP contribution in [0.2, 0.25) is 0 Å². The summed E-state index contributed by atoms with van der Waals surface area (Å²) in [6.45, 7) is 11.4. The molecule has 2 N–H and O–H groups in total. The van der Waals surface area contributed by atoms with Crippen molar-refractivity contribution in [2.24, 2.45) is 0 Å². The lowest BCUT2D eigenvalue weighted by Crippen LogP contribution is -2.33. The van der Waals surface area contributed by atoms with E-state index in [9.17, 15) is 24.0 Å². The van der Waals surface area contributed by atoms with Crippen molar-refractivity contribution in [1.29, 1.82) is 0 Å². The van der Waals surface area contributed by atoms with Crippen molar-refractivity contribution >= 4 is 30.0 Å². The molecular weight excluding hydrogens is 494 g/mol. The summed E-state index contributed by atoms with van der Waals surface area (Å²) in [5, 5.41) is 5.92. The molecule has 1 aliphatic rings. The molecule has 0 radical (unpaired) electrons. The number of ether oxygens (including phenoxy) is 2. The molecule has 0 unspecified atom stereocenters. The van der Waals surface area contributed by atoms with E-state index in [2.05, 4.69) is 10.6 Å². The molecule has 1 saturated heterocycles. The van der Waals surface area contributed by atoms with E-state index >= 15 is 0 Å². The van der Waals surface area contributed by atoms with Gasteiger partial charge in [-0.05, 0) is 90.5 Å². The van der Waals surface area contributed by atoms with Gasteiger partial charge in [0.2, 0.25) is 0 Å². The number of nitrogens with one attached hydrogen (secondary N) is 2. The molecule has 1 fully saturated rings. The van der Waals surface area contributed by atoms with Crippen LogP contribution in [-0.2, 0) is 36.7 Å². The highest BCUT2D eigenvalue weighted by Gasteiger charge is 2.33. The van der Waals surface area contributed by atoms with E-state index in [1.807, 2.05) is 6.07 Å². The number of imide groups is 1.